The zero-order valence-corrected chi connectivity index (χ0v) is 19.9. The standard InChI is InChI=1S/C26H26N2O6S/c1-2-12-27-13-11-25-21-15-7-8-18(29)22(21)34-23(25)17(9-10-26(25,31)20(27)14-15)28-24(30)16-5-3-4-6-19(16)35(28,32)33/h2-8,17,20,23,29,31H,1,9-14H2/t17-,20-,23+,25+,26-/m1/s1. The Balaban J connectivity index is 1.42. The van der Waals surface area contributed by atoms with Gasteiger partial charge in [-0.3, -0.25) is 9.69 Å². The van der Waals surface area contributed by atoms with E-state index in [-0.39, 0.29) is 28.7 Å². The molecule has 7 rings (SSSR count). The molecule has 1 spiro atoms. The molecule has 35 heavy (non-hydrogen) atoms. The predicted molar refractivity (Wildman–Crippen MR) is 126 cm³/mol. The van der Waals surface area contributed by atoms with Crippen LogP contribution in [0.2, 0.25) is 0 Å². The molecule has 2 aromatic rings. The van der Waals surface area contributed by atoms with Crippen LogP contribution in [0, 0.1) is 0 Å². The Morgan fingerprint density at radius 1 is 1.20 bits per heavy atom. The van der Waals surface area contributed by atoms with Crippen molar-refractivity contribution in [2.75, 3.05) is 13.1 Å². The smallest absolute Gasteiger partial charge is 0.269 e. The van der Waals surface area contributed by atoms with Gasteiger partial charge in [-0.2, -0.15) is 0 Å². The van der Waals surface area contributed by atoms with Gasteiger partial charge >= 0.3 is 0 Å². The molecular weight excluding hydrogens is 468 g/mol. The number of sulfonamides is 1. The van der Waals surface area contributed by atoms with Gasteiger partial charge in [-0.15, -0.1) is 6.58 Å². The number of phenolic OH excluding ortho intramolecular Hbond substituents is 1. The second-order valence-electron chi connectivity index (χ2n) is 10.3. The lowest BCUT2D eigenvalue weighted by Gasteiger charge is -2.64. The molecule has 3 aliphatic heterocycles. The predicted octanol–water partition coefficient (Wildman–Crippen LogP) is 1.95. The highest BCUT2D eigenvalue weighted by Gasteiger charge is 2.74. The van der Waals surface area contributed by atoms with Crippen LogP contribution in [0.3, 0.4) is 0 Å². The Labute approximate surface area is 203 Å². The van der Waals surface area contributed by atoms with E-state index in [9.17, 15) is 23.4 Å². The van der Waals surface area contributed by atoms with Crippen LogP contribution in [0.5, 0.6) is 11.5 Å². The molecule has 5 atom stereocenters. The van der Waals surface area contributed by atoms with Crippen molar-refractivity contribution in [3.63, 3.8) is 0 Å². The molecule has 2 aliphatic carbocycles. The molecule has 5 aliphatic rings. The quantitative estimate of drug-likeness (QED) is 0.628. The highest BCUT2D eigenvalue weighted by molar-refractivity contribution is 7.90. The number of likely N-dealkylation sites (tertiary alicyclic amines) is 1. The van der Waals surface area contributed by atoms with E-state index in [1.165, 1.54) is 12.1 Å². The fourth-order valence-electron chi connectivity index (χ4n) is 7.76. The summed E-state index contributed by atoms with van der Waals surface area (Å²) >= 11 is 0. The second kappa shape index (κ2) is 6.66. The van der Waals surface area contributed by atoms with E-state index in [1.54, 1.807) is 18.2 Å². The molecule has 8 nitrogen and oxygen atoms in total. The third-order valence-electron chi connectivity index (χ3n) is 9.06. The third kappa shape index (κ3) is 2.30. The summed E-state index contributed by atoms with van der Waals surface area (Å²) in [6, 6.07) is 8.73. The Kier molecular flexibility index (Phi) is 4.07. The lowest BCUT2D eigenvalue weighted by molar-refractivity contribution is -0.192. The minimum atomic E-state index is -4.07. The minimum absolute atomic E-state index is 0.00436. The number of rotatable bonds is 3. The number of amides is 1. The van der Waals surface area contributed by atoms with Gasteiger partial charge in [0.25, 0.3) is 15.9 Å². The summed E-state index contributed by atoms with van der Waals surface area (Å²) in [7, 11) is -4.07. The number of hydrogen-bond acceptors (Lipinski definition) is 7. The first-order valence-corrected chi connectivity index (χ1v) is 13.5. The first-order chi connectivity index (χ1) is 16.8. The molecule has 2 bridgehead atoms. The van der Waals surface area contributed by atoms with E-state index in [4.69, 9.17) is 4.74 Å². The number of carbonyl (C=O) groups excluding carboxylic acids is 1. The van der Waals surface area contributed by atoms with E-state index in [0.29, 0.717) is 38.1 Å². The van der Waals surface area contributed by atoms with Crippen LogP contribution >= 0.6 is 0 Å². The lowest BCUT2D eigenvalue weighted by atomic mass is 9.48. The molecule has 0 radical (unpaired) electrons. The van der Waals surface area contributed by atoms with Gasteiger partial charge in [-0.1, -0.05) is 24.3 Å². The van der Waals surface area contributed by atoms with Crippen LogP contribution in [0.15, 0.2) is 53.9 Å². The zero-order valence-electron chi connectivity index (χ0n) is 19.1. The molecule has 0 unspecified atom stereocenters. The summed E-state index contributed by atoms with van der Waals surface area (Å²) in [6.07, 6.45) is 2.74. The largest absolute Gasteiger partial charge is 0.504 e. The summed E-state index contributed by atoms with van der Waals surface area (Å²) in [4.78, 5) is 15.7. The highest BCUT2D eigenvalue weighted by atomic mass is 32.2. The number of aromatic hydroxyl groups is 1. The normalized spacial score (nSPS) is 35.9. The summed E-state index contributed by atoms with van der Waals surface area (Å²) in [5.74, 6) is -0.276. The maximum atomic E-state index is 13.6. The number of ether oxygens (including phenoxy) is 1. The van der Waals surface area contributed by atoms with Crippen LogP contribution < -0.4 is 4.74 Å². The van der Waals surface area contributed by atoms with E-state index in [2.05, 4.69) is 11.5 Å². The number of phenols is 1. The van der Waals surface area contributed by atoms with Crippen LogP contribution in [0.4, 0.5) is 0 Å². The number of fused-ring (bicyclic) bond motifs is 1. The average molecular weight is 495 g/mol. The summed E-state index contributed by atoms with van der Waals surface area (Å²) in [5.41, 5.74) is -0.188. The van der Waals surface area contributed by atoms with E-state index in [0.717, 1.165) is 15.4 Å². The maximum absolute atomic E-state index is 13.6. The summed E-state index contributed by atoms with van der Waals surface area (Å²) in [6.45, 7) is 5.18. The molecule has 1 saturated heterocycles. The van der Waals surface area contributed by atoms with E-state index >= 15 is 0 Å². The van der Waals surface area contributed by atoms with Crippen LogP contribution in [-0.4, -0.2) is 70.6 Å². The Hall–Kier alpha value is -2.88. The van der Waals surface area contributed by atoms with E-state index < -0.39 is 39.1 Å². The Morgan fingerprint density at radius 2 is 2.00 bits per heavy atom. The number of aliphatic hydroxyl groups is 1. The first kappa shape index (κ1) is 21.4. The van der Waals surface area contributed by atoms with Gasteiger partial charge in [-0.05, 0) is 56.0 Å². The van der Waals surface area contributed by atoms with E-state index in [1.807, 2.05) is 12.1 Å². The molecule has 3 heterocycles. The number of benzene rings is 2. The van der Waals surface area contributed by atoms with Crippen molar-refractivity contribution in [3.05, 3.63) is 65.7 Å². The van der Waals surface area contributed by atoms with Crippen molar-refractivity contribution in [2.45, 2.75) is 59.8 Å². The molecule has 2 N–H and O–H groups in total. The molecule has 9 heteroatoms. The molecule has 1 saturated carbocycles. The topological polar surface area (TPSA) is 107 Å². The van der Waals surface area contributed by atoms with Crippen LogP contribution in [-0.2, 0) is 21.9 Å². The lowest BCUT2D eigenvalue weighted by Crippen LogP contribution is -2.78. The molecule has 0 aromatic heterocycles. The highest BCUT2D eigenvalue weighted by Crippen LogP contribution is 2.66. The van der Waals surface area contributed by atoms with Gasteiger partial charge in [0, 0.05) is 18.2 Å². The van der Waals surface area contributed by atoms with Crippen molar-refractivity contribution in [1.29, 1.82) is 0 Å². The van der Waals surface area contributed by atoms with Crippen molar-refractivity contribution in [3.8, 4) is 11.5 Å². The number of nitrogens with zero attached hydrogens (tertiary/aromatic N) is 2. The fourth-order valence-corrected chi connectivity index (χ4v) is 9.54. The number of carbonyl (C=O) groups is 1. The average Bonchev–Trinajstić information content (AvgIpc) is 3.28. The zero-order chi connectivity index (χ0) is 24.3. The van der Waals surface area contributed by atoms with Gasteiger partial charge in [-0.25, -0.2) is 12.7 Å². The summed E-state index contributed by atoms with van der Waals surface area (Å²) in [5, 5.41) is 23.2. The van der Waals surface area contributed by atoms with Crippen LogP contribution in [0.1, 0.15) is 40.7 Å². The minimum Gasteiger partial charge on any atom is -0.504 e. The van der Waals surface area contributed by atoms with Crippen molar-refractivity contribution < 1.29 is 28.2 Å². The van der Waals surface area contributed by atoms with Crippen molar-refractivity contribution in [1.82, 2.24) is 9.21 Å². The van der Waals surface area contributed by atoms with Crippen molar-refractivity contribution >= 4 is 15.9 Å². The van der Waals surface area contributed by atoms with Gasteiger partial charge in [0.2, 0.25) is 0 Å². The maximum Gasteiger partial charge on any atom is 0.269 e. The molecule has 2 fully saturated rings. The SMILES string of the molecule is C=CCN1CC[C@]23c4c5ccc(O)c4O[C@H]2[C@H](N2C(=O)c4ccccc4S2(=O)=O)CC[C@@]3(O)[C@H]1C5. The third-order valence-corrected chi connectivity index (χ3v) is 10.9. The molecule has 2 aromatic carbocycles. The van der Waals surface area contributed by atoms with Gasteiger partial charge in [0.15, 0.2) is 11.5 Å². The first-order valence-electron chi connectivity index (χ1n) is 12.0. The van der Waals surface area contributed by atoms with Gasteiger partial charge < -0.3 is 14.9 Å². The van der Waals surface area contributed by atoms with Crippen molar-refractivity contribution in [2.24, 2.45) is 0 Å². The molecule has 182 valence electrons. The van der Waals surface area contributed by atoms with Gasteiger partial charge in [0.05, 0.1) is 22.6 Å². The van der Waals surface area contributed by atoms with Gasteiger partial charge in [0.1, 0.15) is 11.0 Å². The number of hydrogen-bond donors (Lipinski definition) is 2. The number of piperidine rings is 1. The second-order valence-corrected chi connectivity index (χ2v) is 12.1. The Bertz CT molecular complexity index is 1420. The monoisotopic (exact) mass is 494 g/mol. The summed E-state index contributed by atoms with van der Waals surface area (Å²) < 4.78 is 34.6. The van der Waals surface area contributed by atoms with Crippen LogP contribution in [0.25, 0.3) is 0 Å². The molecular formula is C26H26N2O6S. The Morgan fingerprint density at radius 3 is 2.77 bits per heavy atom. The fraction of sp³-hybridized carbons (Fsp3) is 0.423. The molecule has 1 amide bonds.